The Hall–Kier alpha value is -2.60. The van der Waals surface area contributed by atoms with E-state index in [2.05, 4.69) is 0 Å². The van der Waals surface area contributed by atoms with Crippen LogP contribution in [0.3, 0.4) is 0 Å². The Labute approximate surface area is 112 Å². The first kappa shape index (κ1) is 12.8. The molecule has 2 aromatic rings. The van der Waals surface area contributed by atoms with Crippen molar-refractivity contribution in [3.63, 3.8) is 0 Å². The number of rotatable bonds is 3. The molecule has 0 aliphatic carbocycles. The van der Waals surface area contributed by atoms with Gasteiger partial charge in [-0.2, -0.15) is 5.26 Å². The number of nitriles is 1. The van der Waals surface area contributed by atoms with E-state index in [0.717, 1.165) is 12.0 Å². The third-order valence-corrected chi connectivity index (χ3v) is 2.78. The van der Waals surface area contributed by atoms with Gasteiger partial charge in [-0.1, -0.05) is 31.2 Å². The molecule has 0 fully saturated rings. The second-order valence-electron chi connectivity index (χ2n) is 4.05. The lowest BCUT2D eigenvalue weighted by atomic mass is 10.1. The summed E-state index contributed by atoms with van der Waals surface area (Å²) < 4.78 is 5.26. The summed E-state index contributed by atoms with van der Waals surface area (Å²) in [6.07, 6.45) is 0.835. The highest BCUT2D eigenvalue weighted by molar-refractivity contribution is 5.91. The lowest BCUT2D eigenvalue weighted by Gasteiger charge is -2.07. The van der Waals surface area contributed by atoms with E-state index < -0.39 is 5.97 Å². The molecule has 0 saturated carbocycles. The van der Waals surface area contributed by atoms with E-state index in [1.54, 1.807) is 36.4 Å². The third-order valence-electron chi connectivity index (χ3n) is 2.78. The molecule has 0 bridgehead atoms. The van der Waals surface area contributed by atoms with Gasteiger partial charge in [-0.15, -0.1) is 0 Å². The van der Waals surface area contributed by atoms with Crippen LogP contribution >= 0.6 is 0 Å². The van der Waals surface area contributed by atoms with Gasteiger partial charge < -0.3 is 4.74 Å². The first-order valence-electron chi connectivity index (χ1n) is 6.05. The van der Waals surface area contributed by atoms with Gasteiger partial charge >= 0.3 is 5.97 Å². The lowest BCUT2D eigenvalue weighted by molar-refractivity contribution is 0.0734. The monoisotopic (exact) mass is 251 g/mol. The van der Waals surface area contributed by atoms with Crippen LogP contribution in [0.1, 0.15) is 28.4 Å². The van der Waals surface area contributed by atoms with Crippen LogP contribution in [-0.4, -0.2) is 5.97 Å². The summed E-state index contributed by atoms with van der Waals surface area (Å²) in [5.74, 6) is -0.157. The first-order chi connectivity index (χ1) is 9.24. The van der Waals surface area contributed by atoms with Crippen molar-refractivity contribution in [2.24, 2.45) is 0 Å². The van der Waals surface area contributed by atoms with E-state index in [4.69, 9.17) is 10.00 Å². The average Bonchev–Trinajstić information content (AvgIpc) is 2.48. The zero-order valence-electron chi connectivity index (χ0n) is 10.6. The second-order valence-corrected chi connectivity index (χ2v) is 4.05. The van der Waals surface area contributed by atoms with Crippen molar-refractivity contribution in [1.29, 1.82) is 5.26 Å². The predicted octanol–water partition coefficient (Wildman–Crippen LogP) is 3.34. The van der Waals surface area contributed by atoms with Gasteiger partial charge in [-0.3, -0.25) is 0 Å². The minimum Gasteiger partial charge on any atom is -0.422 e. The molecule has 0 aliphatic heterocycles. The van der Waals surface area contributed by atoms with Gasteiger partial charge in [0.1, 0.15) is 11.8 Å². The van der Waals surface area contributed by atoms with Gasteiger partial charge in [0.25, 0.3) is 0 Å². The fraction of sp³-hybridized carbons (Fsp3) is 0.125. The Kier molecular flexibility index (Phi) is 3.94. The molecule has 94 valence electrons. The summed E-state index contributed by atoms with van der Waals surface area (Å²) in [6, 6.07) is 16.0. The highest BCUT2D eigenvalue weighted by Crippen LogP contribution is 2.21. The molecule has 0 atom stereocenters. The summed E-state index contributed by atoms with van der Waals surface area (Å²) in [5, 5.41) is 9.08. The average molecular weight is 251 g/mol. The number of ether oxygens (including phenoxy) is 1. The predicted molar refractivity (Wildman–Crippen MR) is 71.9 cm³/mol. The van der Waals surface area contributed by atoms with Gasteiger partial charge in [0.2, 0.25) is 0 Å². The largest absolute Gasteiger partial charge is 0.422 e. The summed E-state index contributed by atoms with van der Waals surface area (Å²) >= 11 is 0. The molecule has 0 spiro atoms. The number of aryl methyl sites for hydroxylation is 1. The van der Waals surface area contributed by atoms with Gasteiger partial charge in [0, 0.05) is 0 Å². The fourth-order valence-corrected chi connectivity index (χ4v) is 1.71. The second kappa shape index (κ2) is 5.83. The minimum absolute atomic E-state index is 0.300. The van der Waals surface area contributed by atoms with Crippen molar-refractivity contribution in [1.82, 2.24) is 0 Å². The number of hydrogen-bond acceptors (Lipinski definition) is 3. The maximum Gasteiger partial charge on any atom is 0.343 e. The quantitative estimate of drug-likeness (QED) is 0.621. The summed E-state index contributed by atoms with van der Waals surface area (Å²) in [6.45, 7) is 2.01. The van der Waals surface area contributed by atoms with Crippen molar-refractivity contribution in [2.75, 3.05) is 0 Å². The molecule has 3 nitrogen and oxygen atoms in total. The Balaban J connectivity index is 2.25. The summed E-state index contributed by atoms with van der Waals surface area (Å²) in [7, 11) is 0. The molecule has 3 heteroatoms. The van der Waals surface area contributed by atoms with Gasteiger partial charge in [0.15, 0.2) is 0 Å². The standard InChI is InChI=1S/C16H13NO2/c1-2-12-8-9-15(14(10-12)11-17)19-16(18)13-6-4-3-5-7-13/h3-10H,2H2,1H3. The zero-order valence-corrected chi connectivity index (χ0v) is 10.6. The van der Waals surface area contributed by atoms with Crippen molar-refractivity contribution in [2.45, 2.75) is 13.3 Å². The van der Waals surface area contributed by atoms with E-state index in [9.17, 15) is 4.79 Å². The number of hydrogen-bond donors (Lipinski definition) is 0. The highest BCUT2D eigenvalue weighted by atomic mass is 16.5. The number of carbonyl (C=O) groups is 1. The highest BCUT2D eigenvalue weighted by Gasteiger charge is 2.11. The Morgan fingerprint density at radius 3 is 2.58 bits per heavy atom. The molecule has 2 rings (SSSR count). The molecule has 19 heavy (non-hydrogen) atoms. The summed E-state index contributed by atoms with van der Waals surface area (Å²) in [5.41, 5.74) is 1.88. The van der Waals surface area contributed by atoms with E-state index >= 15 is 0 Å². The van der Waals surface area contributed by atoms with Gasteiger partial charge in [-0.05, 0) is 36.2 Å². The molecule has 0 aromatic heterocycles. The van der Waals surface area contributed by atoms with E-state index in [1.165, 1.54) is 0 Å². The molecule has 0 saturated heterocycles. The van der Waals surface area contributed by atoms with E-state index in [-0.39, 0.29) is 0 Å². The Bertz CT molecular complexity index is 627. The topological polar surface area (TPSA) is 50.1 Å². The fourth-order valence-electron chi connectivity index (χ4n) is 1.71. The van der Waals surface area contributed by atoms with Crippen LogP contribution in [0.2, 0.25) is 0 Å². The number of benzene rings is 2. The van der Waals surface area contributed by atoms with Crippen molar-refractivity contribution in [3.05, 3.63) is 65.2 Å². The zero-order chi connectivity index (χ0) is 13.7. The minimum atomic E-state index is -0.457. The van der Waals surface area contributed by atoms with Crippen molar-refractivity contribution < 1.29 is 9.53 Å². The number of esters is 1. The number of carbonyl (C=O) groups excluding carboxylic acids is 1. The molecule has 0 radical (unpaired) electrons. The SMILES string of the molecule is CCc1ccc(OC(=O)c2ccccc2)c(C#N)c1. The molecule has 0 amide bonds. The molecule has 0 aliphatic rings. The maximum atomic E-state index is 11.9. The normalized spacial score (nSPS) is 9.68. The number of nitrogens with zero attached hydrogens (tertiary/aromatic N) is 1. The van der Waals surface area contributed by atoms with Gasteiger partial charge in [0.05, 0.1) is 11.1 Å². The molecule has 0 unspecified atom stereocenters. The van der Waals surface area contributed by atoms with E-state index in [1.807, 2.05) is 25.1 Å². The molecule has 0 heterocycles. The molecule has 0 N–H and O–H groups in total. The Morgan fingerprint density at radius 2 is 1.95 bits per heavy atom. The first-order valence-corrected chi connectivity index (χ1v) is 6.05. The smallest absolute Gasteiger partial charge is 0.343 e. The van der Waals surface area contributed by atoms with Crippen LogP contribution in [-0.2, 0) is 6.42 Å². The Morgan fingerprint density at radius 1 is 1.21 bits per heavy atom. The van der Waals surface area contributed by atoms with Crippen LogP contribution < -0.4 is 4.74 Å². The van der Waals surface area contributed by atoms with E-state index in [0.29, 0.717) is 16.9 Å². The molecule has 2 aromatic carbocycles. The van der Waals surface area contributed by atoms with Crippen molar-refractivity contribution in [3.8, 4) is 11.8 Å². The lowest BCUT2D eigenvalue weighted by Crippen LogP contribution is -2.09. The summed E-state index contributed by atoms with van der Waals surface area (Å²) in [4.78, 5) is 11.9. The van der Waals surface area contributed by atoms with Crippen LogP contribution in [0.4, 0.5) is 0 Å². The third kappa shape index (κ3) is 2.99. The maximum absolute atomic E-state index is 11.9. The van der Waals surface area contributed by atoms with Crippen LogP contribution in [0.25, 0.3) is 0 Å². The molecular weight excluding hydrogens is 238 g/mol. The van der Waals surface area contributed by atoms with Crippen LogP contribution in [0.5, 0.6) is 5.75 Å². The molecular formula is C16H13NO2. The van der Waals surface area contributed by atoms with Crippen molar-refractivity contribution >= 4 is 5.97 Å². The van der Waals surface area contributed by atoms with Crippen LogP contribution in [0, 0.1) is 11.3 Å². The van der Waals surface area contributed by atoms with Crippen LogP contribution in [0.15, 0.2) is 48.5 Å². The van der Waals surface area contributed by atoms with Gasteiger partial charge in [-0.25, -0.2) is 4.79 Å².